The molecule has 4 nitrogen and oxygen atoms in total. The highest BCUT2D eigenvalue weighted by molar-refractivity contribution is 4.76. The first-order valence-electron chi connectivity index (χ1n) is 5.54. The van der Waals surface area contributed by atoms with Gasteiger partial charge in [0.25, 0.3) is 0 Å². The molecule has 0 spiro atoms. The summed E-state index contributed by atoms with van der Waals surface area (Å²) in [5.74, 6) is 0.737. The zero-order chi connectivity index (χ0) is 11.1. The Bertz CT molecular complexity index is 188. The van der Waals surface area contributed by atoms with Gasteiger partial charge in [-0.3, -0.25) is 4.39 Å². The fourth-order valence-corrected chi connectivity index (χ4v) is 1.80. The Hall–Kier alpha value is -0.550. The number of nitrogens with zero attached hydrogens (tertiary/aromatic N) is 1. The van der Waals surface area contributed by atoms with Crippen molar-refractivity contribution in [1.82, 2.24) is 5.48 Å². The average Bonchev–Trinajstić information content (AvgIpc) is 3.06. The van der Waals surface area contributed by atoms with Gasteiger partial charge in [0.1, 0.15) is 0 Å². The van der Waals surface area contributed by atoms with Gasteiger partial charge in [0.05, 0.1) is 19.3 Å². The van der Waals surface area contributed by atoms with E-state index < -0.39 is 6.04 Å². The third-order valence-corrected chi connectivity index (χ3v) is 2.99. The van der Waals surface area contributed by atoms with E-state index in [1.807, 2.05) is 5.48 Å². The van der Waals surface area contributed by atoms with Crippen LogP contribution in [0.3, 0.4) is 0 Å². The lowest BCUT2D eigenvalue weighted by atomic mass is 9.95. The molecule has 2 atom stereocenters. The molecule has 0 radical (unpaired) electrons. The van der Waals surface area contributed by atoms with Crippen molar-refractivity contribution in [2.75, 3.05) is 13.2 Å². The molecule has 2 N–H and O–H groups in total. The van der Waals surface area contributed by atoms with Crippen LogP contribution in [0.5, 0.6) is 0 Å². The molecule has 1 aliphatic carbocycles. The van der Waals surface area contributed by atoms with Crippen molar-refractivity contribution in [3.63, 3.8) is 0 Å². The van der Waals surface area contributed by atoms with Gasteiger partial charge in [-0.15, -0.1) is 0 Å². The second-order valence-electron chi connectivity index (χ2n) is 4.41. The lowest BCUT2D eigenvalue weighted by molar-refractivity contribution is 0.111. The molecule has 0 aromatic carbocycles. The van der Waals surface area contributed by atoms with Crippen LogP contribution in [0.2, 0.25) is 0 Å². The molecule has 0 aromatic heterocycles. The summed E-state index contributed by atoms with van der Waals surface area (Å²) < 4.78 is 12.6. The van der Waals surface area contributed by atoms with Gasteiger partial charge in [0, 0.05) is 0 Å². The molecule has 0 heterocycles. The highest BCUT2D eigenvalue weighted by atomic mass is 19.1. The van der Waals surface area contributed by atoms with Gasteiger partial charge in [0.15, 0.2) is 0 Å². The van der Waals surface area contributed by atoms with Gasteiger partial charge >= 0.3 is 0 Å². The van der Waals surface area contributed by atoms with Gasteiger partial charge in [-0.05, 0) is 24.7 Å². The molecule has 0 saturated heterocycles. The smallest absolute Gasteiger partial charge is 0.0987 e. The van der Waals surface area contributed by atoms with Crippen LogP contribution >= 0.6 is 0 Å². The van der Waals surface area contributed by atoms with Crippen LogP contribution in [-0.4, -0.2) is 24.5 Å². The molecule has 1 fully saturated rings. The Morgan fingerprint density at radius 2 is 2.27 bits per heavy atom. The summed E-state index contributed by atoms with van der Waals surface area (Å²) in [6.07, 6.45) is 4.94. The van der Waals surface area contributed by atoms with Crippen molar-refractivity contribution < 1.29 is 9.60 Å². The van der Waals surface area contributed by atoms with Crippen molar-refractivity contribution in [1.29, 1.82) is 0 Å². The van der Waals surface area contributed by atoms with E-state index in [0.717, 1.165) is 18.8 Å². The second kappa shape index (κ2) is 6.85. The maximum absolute atomic E-state index is 12.6. The Labute approximate surface area is 89.2 Å². The first-order valence-corrected chi connectivity index (χ1v) is 5.54. The summed E-state index contributed by atoms with van der Waals surface area (Å²) in [4.78, 5) is 10.0. The summed E-state index contributed by atoms with van der Waals surface area (Å²) in [5.41, 5.74) is 2.01. The van der Waals surface area contributed by atoms with E-state index in [1.165, 1.54) is 12.8 Å². The maximum atomic E-state index is 12.6. The van der Waals surface area contributed by atoms with Crippen LogP contribution in [0.15, 0.2) is 5.18 Å². The van der Waals surface area contributed by atoms with Crippen LogP contribution in [0.25, 0.3) is 0 Å². The molecular weight excluding hydrogens is 199 g/mol. The SMILES string of the molecule is O=NCC(CC(CF)CCC1CC1)NO. The number of hydrogen-bond acceptors (Lipinski definition) is 4. The third kappa shape index (κ3) is 5.18. The predicted octanol–water partition coefficient (Wildman–Crippen LogP) is 2.27. The Morgan fingerprint density at radius 3 is 2.73 bits per heavy atom. The molecule has 0 aliphatic heterocycles. The van der Waals surface area contributed by atoms with Gasteiger partial charge in [-0.2, -0.15) is 4.91 Å². The molecule has 2 unspecified atom stereocenters. The lowest BCUT2D eigenvalue weighted by Gasteiger charge is -2.18. The largest absolute Gasteiger partial charge is 0.316 e. The van der Waals surface area contributed by atoms with Crippen LogP contribution in [0.4, 0.5) is 4.39 Å². The minimum absolute atomic E-state index is 0.00354. The Kier molecular flexibility index (Phi) is 5.71. The molecule has 0 bridgehead atoms. The Balaban J connectivity index is 2.19. The lowest BCUT2D eigenvalue weighted by Crippen LogP contribution is -2.31. The predicted molar refractivity (Wildman–Crippen MR) is 55.4 cm³/mol. The summed E-state index contributed by atoms with van der Waals surface area (Å²) in [7, 11) is 0. The summed E-state index contributed by atoms with van der Waals surface area (Å²) >= 11 is 0. The van der Waals surface area contributed by atoms with E-state index in [1.54, 1.807) is 0 Å². The van der Waals surface area contributed by atoms with Crippen molar-refractivity contribution in [2.24, 2.45) is 17.0 Å². The van der Waals surface area contributed by atoms with E-state index >= 15 is 0 Å². The third-order valence-electron chi connectivity index (χ3n) is 2.99. The zero-order valence-corrected chi connectivity index (χ0v) is 8.86. The van der Waals surface area contributed by atoms with Gasteiger partial charge in [-0.1, -0.05) is 24.4 Å². The summed E-state index contributed by atoms with van der Waals surface area (Å²) in [6.45, 7) is -0.389. The molecule has 15 heavy (non-hydrogen) atoms. The first kappa shape index (κ1) is 12.5. The number of nitroso groups, excluding NO2 is 1. The standard InChI is InChI=1S/C10H19FN2O2/c11-6-9(4-3-8-1-2-8)5-10(13-15)7-12-14/h8-10,13,15H,1-7H2. The van der Waals surface area contributed by atoms with Crippen molar-refractivity contribution >= 4 is 0 Å². The molecule has 0 aromatic rings. The molecule has 0 amide bonds. The maximum Gasteiger partial charge on any atom is 0.0987 e. The number of alkyl halides is 1. The zero-order valence-electron chi connectivity index (χ0n) is 8.86. The molecule has 1 saturated carbocycles. The second-order valence-corrected chi connectivity index (χ2v) is 4.41. The first-order chi connectivity index (χ1) is 7.30. The van der Waals surface area contributed by atoms with E-state index in [0.29, 0.717) is 6.42 Å². The molecule has 5 heteroatoms. The topological polar surface area (TPSA) is 61.7 Å². The van der Waals surface area contributed by atoms with Crippen LogP contribution in [0, 0.1) is 16.7 Å². The minimum Gasteiger partial charge on any atom is -0.316 e. The number of hydrogen-bond donors (Lipinski definition) is 2. The number of hydroxylamine groups is 1. The van der Waals surface area contributed by atoms with Crippen molar-refractivity contribution in [2.45, 2.75) is 38.1 Å². The highest BCUT2D eigenvalue weighted by Crippen LogP contribution is 2.35. The van der Waals surface area contributed by atoms with Gasteiger partial charge in [-0.25, -0.2) is 5.48 Å². The highest BCUT2D eigenvalue weighted by Gasteiger charge is 2.23. The van der Waals surface area contributed by atoms with E-state index in [4.69, 9.17) is 5.21 Å². The normalized spacial score (nSPS) is 19.9. The van der Waals surface area contributed by atoms with Gasteiger partial charge < -0.3 is 5.21 Å². The monoisotopic (exact) mass is 218 g/mol. The molecular formula is C10H19FN2O2. The van der Waals surface area contributed by atoms with Gasteiger partial charge in [0.2, 0.25) is 0 Å². The Morgan fingerprint density at radius 1 is 1.53 bits per heavy atom. The number of nitrogens with one attached hydrogen (secondary N) is 1. The van der Waals surface area contributed by atoms with Crippen LogP contribution in [-0.2, 0) is 0 Å². The fourth-order valence-electron chi connectivity index (χ4n) is 1.80. The molecule has 1 aliphatic rings. The number of rotatable bonds is 9. The van der Waals surface area contributed by atoms with Crippen molar-refractivity contribution in [3.05, 3.63) is 4.91 Å². The minimum atomic E-state index is -0.401. The number of halogens is 1. The average molecular weight is 218 g/mol. The van der Waals surface area contributed by atoms with E-state index in [9.17, 15) is 9.30 Å². The molecule has 1 rings (SSSR count). The summed E-state index contributed by atoms with van der Waals surface area (Å²) in [5, 5.41) is 11.4. The van der Waals surface area contributed by atoms with E-state index in [-0.39, 0.29) is 19.1 Å². The van der Waals surface area contributed by atoms with Crippen LogP contribution < -0.4 is 5.48 Å². The molecule has 88 valence electrons. The fraction of sp³-hybridized carbons (Fsp3) is 1.00. The van der Waals surface area contributed by atoms with Crippen molar-refractivity contribution in [3.8, 4) is 0 Å². The van der Waals surface area contributed by atoms with E-state index in [2.05, 4.69) is 5.18 Å². The van der Waals surface area contributed by atoms with Crippen LogP contribution in [0.1, 0.15) is 32.1 Å². The summed E-state index contributed by atoms with van der Waals surface area (Å²) in [6, 6.07) is -0.401. The quantitative estimate of drug-likeness (QED) is 0.461.